The molecule has 1 fully saturated rings. The van der Waals surface area contributed by atoms with Crippen molar-refractivity contribution in [2.24, 2.45) is 5.92 Å². The van der Waals surface area contributed by atoms with Crippen LogP contribution < -0.4 is 4.90 Å². The van der Waals surface area contributed by atoms with Gasteiger partial charge in [-0.2, -0.15) is 0 Å². The number of carboxylic acid groups (broad SMARTS) is 1. The van der Waals surface area contributed by atoms with Gasteiger partial charge in [0.15, 0.2) is 11.5 Å². The highest BCUT2D eigenvalue weighted by Crippen LogP contribution is 2.34. The molecular weight excluding hydrogens is 254 g/mol. The van der Waals surface area contributed by atoms with Gasteiger partial charge in [-0.15, -0.1) is 0 Å². The second kappa shape index (κ2) is 4.81. The first-order chi connectivity index (χ1) is 9.58. The third kappa shape index (κ3) is 2.24. The number of hydrogen-bond acceptors (Lipinski definition) is 3. The average molecular weight is 273 g/mol. The number of carbonyl (C=O) groups is 1. The summed E-state index contributed by atoms with van der Waals surface area (Å²) in [6.45, 7) is 5.13. The summed E-state index contributed by atoms with van der Waals surface area (Å²) in [6, 6.07) is 5.99. The lowest BCUT2D eigenvalue weighted by Gasteiger charge is -2.24. The maximum absolute atomic E-state index is 11.6. The van der Waals surface area contributed by atoms with E-state index in [4.69, 9.17) is 0 Å². The number of pyridine rings is 1. The molecule has 0 aliphatic heterocycles. The molecule has 1 aliphatic carbocycles. The molecule has 3 rings (SSSR count). The molecule has 0 unspecified atom stereocenters. The van der Waals surface area contributed by atoms with Gasteiger partial charge in [-0.3, -0.25) is 4.40 Å². The van der Waals surface area contributed by atoms with Gasteiger partial charge < -0.3 is 10.0 Å². The highest BCUT2D eigenvalue weighted by molar-refractivity contribution is 5.93. The minimum absolute atomic E-state index is 0.271. The largest absolute Gasteiger partial charge is 0.476 e. The van der Waals surface area contributed by atoms with Gasteiger partial charge in [0.05, 0.1) is 0 Å². The molecule has 2 aromatic rings. The maximum atomic E-state index is 11.6. The van der Waals surface area contributed by atoms with E-state index < -0.39 is 5.97 Å². The summed E-state index contributed by atoms with van der Waals surface area (Å²) in [4.78, 5) is 18.4. The number of hydrogen-bond donors (Lipinski definition) is 1. The summed E-state index contributed by atoms with van der Waals surface area (Å²) in [5.74, 6) is 0.162. The second-order valence-electron chi connectivity index (χ2n) is 5.80. The summed E-state index contributed by atoms with van der Waals surface area (Å²) in [6.07, 6.45) is 4.01. The number of imidazole rings is 1. The Balaban J connectivity index is 2.13. The van der Waals surface area contributed by atoms with Crippen molar-refractivity contribution < 1.29 is 9.90 Å². The summed E-state index contributed by atoms with van der Waals surface area (Å²) in [5, 5.41) is 9.55. The number of anilines is 1. The molecule has 0 spiro atoms. The van der Waals surface area contributed by atoms with Crippen LogP contribution in [0.15, 0.2) is 24.4 Å². The highest BCUT2D eigenvalue weighted by atomic mass is 16.4. The van der Waals surface area contributed by atoms with Gasteiger partial charge in [-0.1, -0.05) is 19.9 Å². The molecule has 1 aliphatic rings. The van der Waals surface area contributed by atoms with Crippen molar-refractivity contribution >= 4 is 17.4 Å². The number of aromatic nitrogens is 2. The van der Waals surface area contributed by atoms with Crippen LogP contribution in [0, 0.1) is 5.92 Å². The molecule has 0 radical (unpaired) electrons. The van der Waals surface area contributed by atoms with Crippen molar-refractivity contribution in [3.8, 4) is 0 Å². The monoisotopic (exact) mass is 273 g/mol. The van der Waals surface area contributed by atoms with Crippen LogP contribution in [0.1, 0.15) is 37.2 Å². The van der Waals surface area contributed by atoms with Crippen LogP contribution >= 0.6 is 0 Å². The number of fused-ring (bicyclic) bond motifs is 1. The summed E-state index contributed by atoms with van der Waals surface area (Å²) < 4.78 is 1.66. The van der Waals surface area contributed by atoms with E-state index in [-0.39, 0.29) is 5.69 Å². The molecule has 20 heavy (non-hydrogen) atoms. The van der Waals surface area contributed by atoms with E-state index in [1.54, 1.807) is 10.6 Å². The molecule has 2 heterocycles. The van der Waals surface area contributed by atoms with Gasteiger partial charge in [0.2, 0.25) is 0 Å². The van der Waals surface area contributed by atoms with Crippen LogP contribution in [0.2, 0.25) is 0 Å². The summed E-state index contributed by atoms with van der Waals surface area (Å²) >= 11 is 0. The Morgan fingerprint density at radius 3 is 2.85 bits per heavy atom. The number of carboxylic acids is 1. The number of aromatic carboxylic acids is 1. The third-order valence-corrected chi connectivity index (χ3v) is 3.54. The van der Waals surface area contributed by atoms with Gasteiger partial charge >= 0.3 is 5.97 Å². The lowest BCUT2D eigenvalue weighted by atomic mass is 10.2. The number of nitrogens with zero attached hydrogens (tertiary/aromatic N) is 3. The van der Waals surface area contributed by atoms with Crippen molar-refractivity contribution in [2.75, 3.05) is 11.4 Å². The highest BCUT2D eigenvalue weighted by Gasteiger charge is 2.34. The fraction of sp³-hybridized carbons (Fsp3) is 0.467. The second-order valence-corrected chi connectivity index (χ2v) is 5.80. The van der Waals surface area contributed by atoms with E-state index in [1.165, 1.54) is 0 Å². The van der Waals surface area contributed by atoms with Gasteiger partial charge in [-0.05, 0) is 30.9 Å². The molecule has 5 nitrogen and oxygen atoms in total. The molecule has 0 bridgehead atoms. The smallest absolute Gasteiger partial charge is 0.356 e. The first-order valence-electron chi connectivity index (χ1n) is 7.05. The third-order valence-electron chi connectivity index (χ3n) is 3.54. The van der Waals surface area contributed by atoms with Gasteiger partial charge in [0.25, 0.3) is 0 Å². The minimum atomic E-state index is -0.923. The molecule has 5 heteroatoms. The molecule has 1 saturated carbocycles. The fourth-order valence-corrected chi connectivity index (χ4v) is 2.57. The Morgan fingerprint density at radius 2 is 2.25 bits per heavy atom. The molecule has 106 valence electrons. The van der Waals surface area contributed by atoms with Crippen molar-refractivity contribution in [2.45, 2.75) is 32.7 Å². The first-order valence-corrected chi connectivity index (χ1v) is 7.05. The molecular formula is C15H19N3O2. The lowest BCUT2D eigenvalue weighted by molar-refractivity contribution is 0.0690. The molecule has 1 N–H and O–H groups in total. The Morgan fingerprint density at radius 1 is 1.50 bits per heavy atom. The quantitative estimate of drug-likeness (QED) is 0.910. The molecule has 0 aromatic carbocycles. The fourth-order valence-electron chi connectivity index (χ4n) is 2.57. The van der Waals surface area contributed by atoms with E-state index in [0.29, 0.717) is 23.4 Å². The van der Waals surface area contributed by atoms with Crippen molar-refractivity contribution in [1.29, 1.82) is 0 Å². The van der Waals surface area contributed by atoms with Crippen LogP contribution in [-0.2, 0) is 0 Å². The lowest BCUT2D eigenvalue weighted by Crippen LogP contribution is -2.31. The summed E-state index contributed by atoms with van der Waals surface area (Å²) in [7, 11) is 0. The molecule has 0 atom stereocenters. The van der Waals surface area contributed by atoms with Crippen molar-refractivity contribution in [1.82, 2.24) is 9.38 Å². The molecule has 2 aromatic heterocycles. The van der Waals surface area contributed by atoms with Gasteiger partial charge in [-0.25, -0.2) is 9.78 Å². The van der Waals surface area contributed by atoms with Crippen molar-refractivity contribution in [3.63, 3.8) is 0 Å². The summed E-state index contributed by atoms with van der Waals surface area (Å²) in [5.41, 5.74) is 0.961. The van der Waals surface area contributed by atoms with Crippen LogP contribution in [0.25, 0.3) is 5.65 Å². The first kappa shape index (κ1) is 13.0. The van der Waals surface area contributed by atoms with E-state index in [2.05, 4.69) is 23.7 Å². The van der Waals surface area contributed by atoms with E-state index >= 15 is 0 Å². The Bertz CT molecular complexity index is 644. The van der Waals surface area contributed by atoms with E-state index in [9.17, 15) is 9.90 Å². The van der Waals surface area contributed by atoms with E-state index in [1.807, 2.05) is 18.2 Å². The molecule has 0 amide bonds. The normalized spacial score (nSPS) is 14.9. The van der Waals surface area contributed by atoms with Crippen LogP contribution in [0.5, 0.6) is 0 Å². The van der Waals surface area contributed by atoms with Crippen LogP contribution in [0.4, 0.5) is 5.82 Å². The average Bonchev–Trinajstić information content (AvgIpc) is 3.14. The van der Waals surface area contributed by atoms with Crippen LogP contribution in [-0.4, -0.2) is 33.0 Å². The predicted molar refractivity (Wildman–Crippen MR) is 77.4 cm³/mol. The van der Waals surface area contributed by atoms with Crippen LogP contribution in [0.3, 0.4) is 0 Å². The zero-order valence-electron chi connectivity index (χ0n) is 11.8. The zero-order valence-corrected chi connectivity index (χ0v) is 11.8. The minimum Gasteiger partial charge on any atom is -0.476 e. The Labute approximate surface area is 117 Å². The van der Waals surface area contributed by atoms with Gasteiger partial charge in [0, 0.05) is 18.8 Å². The predicted octanol–water partition coefficient (Wildman–Crippen LogP) is 2.66. The topological polar surface area (TPSA) is 57.8 Å². The zero-order chi connectivity index (χ0) is 14.3. The molecule has 0 saturated heterocycles. The van der Waals surface area contributed by atoms with Gasteiger partial charge in [0.1, 0.15) is 5.65 Å². The van der Waals surface area contributed by atoms with Crippen molar-refractivity contribution in [3.05, 3.63) is 30.1 Å². The standard InChI is InChI=1S/C15H19N3O2/c1-10(2)9-18(11-6-7-11)14-13(15(19)20)17-8-4-3-5-12(17)16-14/h3-5,8,10-11H,6-7,9H2,1-2H3,(H,19,20). The maximum Gasteiger partial charge on any atom is 0.356 e. The Kier molecular flexibility index (Phi) is 3.12. The number of rotatable bonds is 5. The van der Waals surface area contributed by atoms with E-state index in [0.717, 1.165) is 19.4 Å². The SMILES string of the molecule is CC(C)CN(c1nc2ccccn2c1C(=O)O)C1CC1. The Hall–Kier alpha value is -2.04.